The SMILES string of the molecule is Cc1cccc(S(=O)(=O)Nc2ccc(C)c(CC(=O)NCCON(C(=O)OC(C)(C)C)C(N)=NC(=O)OC(C)(C)C)c2O)c1. The van der Waals surface area contributed by atoms with Gasteiger partial charge in [-0.1, -0.05) is 18.2 Å². The maximum atomic E-state index is 12.9. The second-order valence-electron chi connectivity index (χ2n) is 11.8. The van der Waals surface area contributed by atoms with E-state index in [4.69, 9.17) is 20.0 Å². The van der Waals surface area contributed by atoms with Crippen molar-refractivity contribution in [3.05, 3.63) is 53.1 Å². The molecule has 0 fully saturated rings. The summed E-state index contributed by atoms with van der Waals surface area (Å²) in [5, 5.41) is 13.9. The van der Waals surface area contributed by atoms with Crippen molar-refractivity contribution in [3.63, 3.8) is 0 Å². The molecule has 0 atom stereocenters. The Bertz CT molecular complexity index is 1510. The normalized spacial score (nSPS) is 12.3. The molecule has 0 aliphatic heterocycles. The van der Waals surface area contributed by atoms with Crippen LogP contribution in [0.15, 0.2) is 46.3 Å². The number of benzene rings is 2. The lowest BCUT2D eigenvalue weighted by atomic mass is 10.0. The number of rotatable bonds is 9. The van der Waals surface area contributed by atoms with Crippen molar-refractivity contribution in [2.45, 2.75) is 77.9 Å². The van der Waals surface area contributed by atoms with E-state index in [0.29, 0.717) is 10.6 Å². The van der Waals surface area contributed by atoms with E-state index in [2.05, 4.69) is 15.0 Å². The zero-order valence-corrected chi connectivity index (χ0v) is 27.0. The molecule has 0 bridgehead atoms. The van der Waals surface area contributed by atoms with Crippen LogP contribution in [0.3, 0.4) is 0 Å². The number of aryl methyl sites for hydroxylation is 2. The summed E-state index contributed by atoms with van der Waals surface area (Å²) < 4.78 is 38.4. The lowest BCUT2D eigenvalue weighted by Gasteiger charge is -2.26. The van der Waals surface area contributed by atoms with E-state index in [9.17, 15) is 27.9 Å². The topological polar surface area (TPSA) is 199 Å². The smallest absolute Gasteiger partial charge is 0.442 e. The summed E-state index contributed by atoms with van der Waals surface area (Å²) in [6.07, 6.45) is -2.41. The molecule has 14 nitrogen and oxygen atoms in total. The van der Waals surface area contributed by atoms with E-state index < -0.39 is 51.0 Å². The van der Waals surface area contributed by atoms with Gasteiger partial charge in [0, 0.05) is 12.1 Å². The first-order chi connectivity index (χ1) is 20.2. The molecule has 15 heteroatoms. The summed E-state index contributed by atoms with van der Waals surface area (Å²) in [5.74, 6) is -1.58. The third kappa shape index (κ3) is 11.4. The number of carbonyl (C=O) groups is 3. The molecule has 0 heterocycles. The van der Waals surface area contributed by atoms with Crippen LogP contribution in [0.2, 0.25) is 0 Å². The fraction of sp³-hybridized carbons (Fsp3) is 0.448. The van der Waals surface area contributed by atoms with Crippen LogP contribution in [0.1, 0.15) is 58.2 Å². The van der Waals surface area contributed by atoms with Crippen LogP contribution in [0.25, 0.3) is 0 Å². The second kappa shape index (κ2) is 14.4. The minimum absolute atomic E-state index is 0.0222. The van der Waals surface area contributed by atoms with E-state index in [1.807, 2.05) is 0 Å². The Labute approximate surface area is 257 Å². The van der Waals surface area contributed by atoms with Crippen molar-refractivity contribution >= 4 is 39.8 Å². The number of nitrogens with two attached hydrogens (primary N) is 1. The fourth-order valence-corrected chi connectivity index (χ4v) is 4.69. The summed E-state index contributed by atoms with van der Waals surface area (Å²) >= 11 is 0. The molecule has 0 aromatic heterocycles. The Hall–Kier alpha value is -4.37. The molecule has 2 aromatic rings. The highest BCUT2D eigenvalue weighted by atomic mass is 32.2. The third-order valence-corrected chi connectivity index (χ3v) is 6.77. The predicted molar refractivity (Wildman–Crippen MR) is 163 cm³/mol. The highest BCUT2D eigenvalue weighted by Crippen LogP contribution is 2.32. The van der Waals surface area contributed by atoms with Gasteiger partial charge in [0.25, 0.3) is 10.0 Å². The van der Waals surface area contributed by atoms with Crippen molar-refractivity contribution in [2.75, 3.05) is 17.9 Å². The van der Waals surface area contributed by atoms with Gasteiger partial charge in [0.1, 0.15) is 17.0 Å². The number of phenolic OH excluding ortho intramolecular Hbond substituents is 1. The first kappa shape index (κ1) is 35.8. The number of hydrogen-bond acceptors (Lipinski definition) is 9. The second-order valence-corrected chi connectivity index (χ2v) is 13.4. The summed E-state index contributed by atoms with van der Waals surface area (Å²) in [7, 11) is -4.00. The monoisotopic (exact) mass is 635 g/mol. The Kier molecular flexibility index (Phi) is 11.7. The standard InChI is InChI=1S/C29H41N5O9S/c1-18-10-9-11-20(16-18)44(39,40)33-22-13-12-19(2)21(24(22)36)17-23(35)31-14-15-41-34(27(38)43-29(6,7)8)25(30)32-26(37)42-28(3,4)5/h9-13,16,33,36H,14-15,17H2,1-8H3,(H,31,35)(H2,30,32,37). The predicted octanol–water partition coefficient (Wildman–Crippen LogP) is 3.89. The molecule has 44 heavy (non-hydrogen) atoms. The van der Waals surface area contributed by atoms with E-state index in [1.165, 1.54) is 18.2 Å². The molecule has 0 unspecified atom stereocenters. The van der Waals surface area contributed by atoms with Gasteiger partial charge in [-0.2, -0.15) is 0 Å². The number of carbonyl (C=O) groups excluding carboxylic acids is 3. The average Bonchev–Trinajstić information content (AvgIpc) is 2.85. The number of aliphatic imine (C=N–C) groups is 1. The van der Waals surface area contributed by atoms with E-state index >= 15 is 0 Å². The largest absolute Gasteiger partial charge is 0.505 e. The van der Waals surface area contributed by atoms with Crippen LogP contribution < -0.4 is 15.8 Å². The van der Waals surface area contributed by atoms with Gasteiger partial charge in [0.15, 0.2) is 0 Å². The minimum Gasteiger partial charge on any atom is -0.505 e. The number of phenols is 1. The number of hydrogen-bond donors (Lipinski definition) is 4. The number of ether oxygens (including phenoxy) is 2. The number of guanidine groups is 1. The van der Waals surface area contributed by atoms with Crippen LogP contribution in [0.4, 0.5) is 15.3 Å². The molecule has 2 rings (SSSR count). The van der Waals surface area contributed by atoms with Gasteiger partial charge in [0.05, 0.1) is 23.6 Å². The van der Waals surface area contributed by atoms with Crippen molar-refractivity contribution in [2.24, 2.45) is 10.7 Å². The number of amides is 3. The molecule has 0 saturated carbocycles. The lowest BCUT2D eigenvalue weighted by molar-refractivity contribution is -0.122. The summed E-state index contributed by atoms with van der Waals surface area (Å²) in [4.78, 5) is 46.4. The van der Waals surface area contributed by atoms with Gasteiger partial charge < -0.3 is 25.6 Å². The maximum Gasteiger partial charge on any atom is 0.442 e. The van der Waals surface area contributed by atoms with E-state index in [1.54, 1.807) is 73.6 Å². The quantitative estimate of drug-likeness (QED) is 0.103. The van der Waals surface area contributed by atoms with Crippen LogP contribution >= 0.6 is 0 Å². The molecule has 0 spiro atoms. The van der Waals surface area contributed by atoms with Gasteiger partial charge in [0.2, 0.25) is 11.9 Å². The number of sulfonamides is 1. The fourth-order valence-electron chi connectivity index (χ4n) is 3.52. The number of nitrogens with one attached hydrogen (secondary N) is 2. The number of nitrogens with zero attached hydrogens (tertiary/aromatic N) is 2. The zero-order valence-electron chi connectivity index (χ0n) is 26.2. The van der Waals surface area contributed by atoms with Crippen molar-refractivity contribution in [1.82, 2.24) is 10.4 Å². The van der Waals surface area contributed by atoms with Gasteiger partial charge in [-0.25, -0.2) is 18.0 Å². The van der Waals surface area contributed by atoms with E-state index in [-0.39, 0.29) is 35.7 Å². The Balaban J connectivity index is 2.09. The number of aromatic hydroxyl groups is 1. The minimum atomic E-state index is -4.00. The molecule has 2 aromatic carbocycles. The summed E-state index contributed by atoms with van der Waals surface area (Å²) in [5.41, 5.74) is 5.45. The maximum absolute atomic E-state index is 12.9. The summed E-state index contributed by atoms with van der Waals surface area (Å²) in [6, 6.07) is 9.26. The molecule has 0 saturated heterocycles. The molecule has 0 aliphatic rings. The van der Waals surface area contributed by atoms with Crippen LogP contribution in [-0.4, -0.2) is 67.0 Å². The zero-order chi connectivity index (χ0) is 33.5. The Morgan fingerprint density at radius 2 is 1.64 bits per heavy atom. The van der Waals surface area contributed by atoms with Crippen molar-refractivity contribution in [1.29, 1.82) is 0 Å². The van der Waals surface area contributed by atoms with Gasteiger partial charge >= 0.3 is 12.2 Å². The molecule has 242 valence electrons. The highest BCUT2D eigenvalue weighted by molar-refractivity contribution is 7.92. The first-order valence-electron chi connectivity index (χ1n) is 13.6. The number of anilines is 1. The molecule has 0 radical (unpaired) electrons. The van der Waals surface area contributed by atoms with Crippen molar-refractivity contribution < 1.29 is 42.2 Å². The average molecular weight is 636 g/mol. The molecule has 0 aliphatic carbocycles. The van der Waals surface area contributed by atoms with Gasteiger partial charge in [-0.3, -0.25) is 14.4 Å². The van der Waals surface area contributed by atoms with Crippen LogP contribution in [-0.2, 0) is 35.5 Å². The Morgan fingerprint density at radius 3 is 2.23 bits per heavy atom. The van der Waals surface area contributed by atoms with Crippen LogP contribution in [0.5, 0.6) is 5.75 Å². The number of hydroxylamine groups is 2. The Morgan fingerprint density at radius 1 is 1.00 bits per heavy atom. The van der Waals surface area contributed by atoms with Gasteiger partial charge in [-0.15, -0.1) is 10.1 Å². The first-order valence-corrected chi connectivity index (χ1v) is 15.1. The third-order valence-electron chi connectivity index (χ3n) is 5.41. The van der Waals surface area contributed by atoms with Crippen LogP contribution in [0, 0.1) is 13.8 Å². The molecule has 5 N–H and O–H groups in total. The lowest BCUT2D eigenvalue weighted by Crippen LogP contribution is -2.46. The molecular weight excluding hydrogens is 594 g/mol. The van der Waals surface area contributed by atoms with E-state index in [0.717, 1.165) is 5.56 Å². The van der Waals surface area contributed by atoms with Crippen molar-refractivity contribution in [3.8, 4) is 5.75 Å². The summed E-state index contributed by atoms with van der Waals surface area (Å²) in [6.45, 7) is 12.7. The molecule has 3 amide bonds. The highest BCUT2D eigenvalue weighted by Gasteiger charge is 2.28. The van der Waals surface area contributed by atoms with Gasteiger partial charge in [-0.05, 0) is 84.7 Å². The molecular formula is C29H41N5O9S.